The van der Waals surface area contributed by atoms with Crippen LogP contribution in [0.15, 0.2) is 47.7 Å². The van der Waals surface area contributed by atoms with Crippen LogP contribution in [0.5, 0.6) is 0 Å². The Bertz CT molecular complexity index is 856. The van der Waals surface area contributed by atoms with Crippen molar-refractivity contribution in [2.24, 2.45) is 4.99 Å². The SMILES string of the molecule is CN=C(NCCc1nccn1Cc1ccccc1)NC1CN(C(=O)OC(C)(C)C)C1.I. The Morgan fingerprint density at radius 2 is 1.97 bits per heavy atom. The number of imidazole rings is 1. The van der Waals surface area contributed by atoms with Crippen LogP contribution >= 0.6 is 24.0 Å². The molecule has 0 unspecified atom stereocenters. The third kappa shape index (κ3) is 7.71. The molecule has 0 saturated carbocycles. The highest BCUT2D eigenvalue weighted by molar-refractivity contribution is 14.0. The van der Waals surface area contributed by atoms with Crippen LogP contribution in [-0.2, 0) is 17.7 Å². The fourth-order valence-electron chi connectivity index (χ4n) is 3.22. The molecule has 170 valence electrons. The van der Waals surface area contributed by atoms with Gasteiger partial charge in [0, 0.05) is 52.0 Å². The Labute approximate surface area is 201 Å². The van der Waals surface area contributed by atoms with Crippen LogP contribution in [0.1, 0.15) is 32.2 Å². The number of halogens is 1. The van der Waals surface area contributed by atoms with E-state index >= 15 is 0 Å². The maximum atomic E-state index is 12.0. The largest absolute Gasteiger partial charge is 0.444 e. The summed E-state index contributed by atoms with van der Waals surface area (Å²) < 4.78 is 7.55. The van der Waals surface area contributed by atoms with Crippen molar-refractivity contribution < 1.29 is 9.53 Å². The Balaban J connectivity index is 0.00000341. The first kappa shape index (κ1) is 25.0. The average Bonchev–Trinajstić information content (AvgIpc) is 3.09. The lowest BCUT2D eigenvalue weighted by molar-refractivity contribution is 0.00701. The summed E-state index contributed by atoms with van der Waals surface area (Å²) in [4.78, 5) is 22.5. The van der Waals surface area contributed by atoms with E-state index in [2.05, 4.69) is 37.3 Å². The number of carbonyl (C=O) groups excluding carboxylic acids is 1. The molecule has 3 rings (SSSR count). The summed E-state index contributed by atoms with van der Waals surface area (Å²) >= 11 is 0. The highest BCUT2D eigenvalue weighted by Gasteiger charge is 2.34. The molecular weight excluding hydrogens is 507 g/mol. The van der Waals surface area contributed by atoms with Gasteiger partial charge in [-0.05, 0) is 26.3 Å². The molecule has 0 bridgehead atoms. The summed E-state index contributed by atoms with van der Waals surface area (Å²) in [7, 11) is 1.75. The number of carbonyl (C=O) groups is 1. The lowest BCUT2D eigenvalue weighted by Gasteiger charge is -2.40. The number of likely N-dealkylation sites (tertiary alicyclic amines) is 1. The van der Waals surface area contributed by atoms with Gasteiger partial charge in [0.25, 0.3) is 0 Å². The van der Waals surface area contributed by atoms with Gasteiger partial charge in [-0.1, -0.05) is 30.3 Å². The van der Waals surface area contributed by atoms with Crippen molar-refractivity contribution in [1.82, 2.24) is 25.1 Å². The molecule has 2 aromatic rings. The molecule has 1 aromatic heterocycles. The first-order valence-corrected chi connectivity index (χ1v) is 10.3. The van der Waals surface area contributed by atoms with Gasteiger partial charge in [0.1, 0.15) is 11.4 Å². The van der Waals surface area contributed by atoms with E-state index in [4.69, 9.17) is 4.74 Å². The molecule has 2 heterocycles. The number of ether oxygens (including phenoxy) is 1. The minimum absolute atomic E-state index is 0. The van der Waals surface area contributed by atoms with Crippen molar-refractivity contribution in [3.63, 3.8) is 0 Å². The van der Waals surface area contributed by atoms with Gasteiger partial charge in [-0.15, -0.1) is 24.0 Å². The minimum atomic E-state index is -0.473. The van der Waals surface area contributed by atoms with Crippen molar-refractivity contribution in [1.29, 1.82) is 0 Å². The first-order valence-electron chi connectivity index (χ1n) is 10.3. The van der Waals surface area contributed by atoms with Crippen LogP contribution in [0.3, 0.4) is 0 Å². The molecule has 0 atom stereocenters. The number of hydrogen-bond acceptors (Lipinski definition) is 4. The fourth-order valence-corrected chi connectivity index (χ4v) is 3.22. The number of nitrogens with one attached hydrogen (secondary N) is 2. The van der Waals surface area contributed by atoms with Crippen molar-refractivity contribution in [2.45, 2.75) is 45.4 Å². The lowest BCUT2D eigenvalue weighted by Crippen LogP contribution is -2.63. The van der Waals surface area contributed by atoms with Gasteiger partial charge in [0.2, 0.25) is 0 Å². The van der Waals surface area contributed by atoms with Gasteiger partial charge in [-0.3, -0.25) is 4.99 Å². The normalized spacial score (nSPS) is 14.5. The Morgan fingerprint density at radius 3 is 2.61 bits per heavy atom. The van der Waals surface area contributed by atoms with Crippen LogP contribution in [0.2, 0.25) is 0 Å². The number of hydrogen-bond donors (Lipinski definition) is 2. The monoisotopic (exact) mass is 540 g/mol. The molecule has 9 heteroatoms. The van der Waals surface area contributed by atoms with Crippen LogP contribution < -0.4 is 10.6 Å². The molecule has 0 aliphatic carbocycles. The van der Waals surface area contributed by atoms with Crippen molar-refractivity contribution >= 4 is 36.0 Å². The second-order valence-electron chi connectivity index (χ2n) is 8.43. The van der Waals surface area contributed by atoms with Crippen LogP contribution in [-0.4, -0.2) is 64.8 Å². The predicted octanol–water partition coefficient (Wildman–Crippen LogP) is 2.88. The van der Waals surface area contributed by atoms with Gasteiger partial charge >= 0.3 is 6.09 Å². The van der Waals surface area contributed by atoms with E-state index in [9.17, 15) is 4.79 Å². The molecule has 1 aliphatic rings. The summed E-state index contributed by atoms with van der Waals surface area (Å²) in [5.41, 5.74) is 0.779. The quantitative estimate of drug-likeness (QED) is 0.335. The molecule has 0 spiro atoms. The van der Waals surface area contributed by atoms with Gasteiger partial charge in [0.05, 0.1) is 6.04 Å². The molecule has 8 nitrogen and oxygen atoms in total. The summed E-state index contributed by atoms with van der Waals surface area (Å²) in [6.07, 6.45) is 4.36. The van der Waals surface area contributed by atoms with Crippen molar-refractivity contribution in [3.8, 4) is 0 Å². The first-order chi connectivity index (χ1) is 14.3. The van der Waals surface area contributed by atoms with Crippen LogP contribution in [0.25, 0.3) is 0 Å². The van der Waals surface area contributed by atoms with E-state index in [1.165, 1.54) is 5.56 Å². The Kier molecular flexibility index (Phi) is 9.15. The molecule has 1 saturated heterocycles. The molecule has 1 fully saturated rings. The third-order valence-corrected chi connectivity index (χ3v) is 4.74. The minimum Gasteiger partial charge on any atom is -0.444 e. The number of benzene rings is 1. The maximum Gasteiger partial charge on any atom is 0.410 e. The molecule has 1 aliphatic heterocycles. The standard InChI is InChI=1S/C22H32N6O2.HI/c1-22(2,3)30-21(29)28-15-18(16-28)26-20(23-4)25-11-10-19-24-12-13-27(19)14-17-8-6-5-7-9-17;/h5-9,12-13,18H,10-11,14-16H2,1-4H3,(H2,23,25,26);1H. The molecule has 2 N–H and O–H groups in total. The molecule has 1 aromatic carbocycles. The second-order valence-corrected chi connectivity index (χ2v) is 8.43. The third-order valence-electron chi connectivity index (χ3n) is 4.74. The Morgan fingerprint density at radius 1 is 1.26 bits per heavy atom. The zero-order valence-electron chi connectivity index (χ0n) is 18.7. The summed E-state index contributed by atoms with van der Waals surface area (Å²) in [6.45, 7) is 8.36. The zero-order chi connectivity index (χ0) is 21.6. The van der Waals surface area contributed by atoms with E-state index in [0.29, 0.717) is 19.6 Å². The predicted molar refractivity (Wildman–Crippen MR) is 133 cm³/mol. The number of rotatable bonds is 6. The second kappa shape index (κ2) is 11.4. The summed E-state index contributed by atoms with van der Waals surface area (Å²) in [5.74, 6) is 1.76. The number of aliphatic imine (C=N–C) groups is 1. The van der Waals surface area contributed by atoms with Crippen molar-refractivity contribution in [2.75, 3.05) is 26.7 Å². The Hall–Kier alpha value is -2.30. The maximum absolute atomic E-state index is 12.0. The number of nitrogens with zero attached hydrogens (tertiary/aromatic N) is 4. The fraction of sp³-hybridized carbons (Fsp3) is 0.500. The van der Waals surface area contributed by atoms with E-state index in [-0.39, 0.29) is 36.1 Å². The van der Waals surface area contributed by atoms with Crippen LogP contribution in [0.4, 0.5) is 4.79 Å². The lowest BCUT2D eigenvalue weighted by atomic mass is 10.1. The number of guanidine groups is 1. The van der Waals surface area contributed by atoms with Crippen LogP contribution in [0, 0.1) is 0 Å². The van der Waals surface area contributed by atoms with Gasteiger partial charge < -0.3 is 24.8 Å². The molecular formula is C22H33IN6O2. The average molecular weight is 540 g/mol. The summed E-state index contributed by atoms with van der Waals surface area (Å²) in [5, 5.41) is 6.68. The van der Waals surface area contributed by atoms with E-state index in [1.807, 2.05) is 51.4 Å². The van der Waals surface area contributed by atoms with Gasteiger partial charge in [-0.2, -0.15) is 0 Å². The molecule has 31 heavy (non-hydrogen) atoms. The molecule has 1 amide bonds. The van der Waals surface area contributed by atoms with Crippen molar-refractivity contribution in [3.05, 3.63) is 54.1 Å². The molecule has 0 radical (unpaired) electrons. The zero-order valence-corrected chi connectivity index (χ0v) is 21.0. The van der Waals surface area contributed by atoms with E-state index in [1.54, 1.807) is 11.9 Å². The van der Waals surface area contributed by atoms with E-state index in [0.717, 1.165) is 24.7 Å². The smallest absolute Gasteiger partial charge is 0.410 e. The van der Waals surface area contributed by atoms with Gasteiger partial charge in [0.15, 0.2) is 5.96 Å². The topological polar surface area (TPSA) is 83.8 Å². The number of amides is 1. The van der Waals surface area contributed by atoms with Gasteiger partial charge in [-0.25, -0.2) is 9.78 Å². The highest BCUT2D eigenvalue weighted by Crippen LogP contribution is 2.15. The number of aromatic nitrogens is 2. The highest BCUT2D eigenvalue weighted by atomic mass is 127. The summed E-state index contributed by atoms with van der Waals surface area (Å²) in [6, 6.07) is 10.5. The van der Waals surface area contributed by atoms with E-state index < -0.39 is 5.60 Å².